The van der Waals surface area contributed by atoms with Gasteiger partial charge in [0.05, 0.1) is 6.20 Å². The number of hydrogen-bond donors (Lipinski definition) is 1. The number of anilines is 1. The Bertz CT molecular complexity index is 451. The normalized spacial score (nSPS) is 12.4. The predicted octanol–water partition coefficient (Wildman–Crippen LogP) is 3.80. The molecule has 0 amide bonds. The molecule has 0 bridgehead atoms. The largest absolute Gasteiger partial charge is 0.444 e. The monoisotopic (exact) mass is 230 g/mol. The van der Waals surface area contributed by atoms with Gasteiger partial charge in [0, 0.05) is 17.8 Å². The van der Waals surface area contributed by atoms with Gasteiger partial charge in [-0.3, -0.25) is 0 Å². The lowest BCUT2D eigenvalue weighted by Gasteiger charge is -2.11. The molecule has 0 aliphatic rings. The first-order valence-electron chi connectivity index (χ1n) is 6.02. The lowest BCUT2D eigenvalue weighted by atomic mass is 10.1. The predicted molar refractivity (Wildman–Crippen MR) is 69.9 cm³/mol. The van der Waals surface area contributed by atoms with Gasteiger partial charge in [-0.15, -0.1) is 0 Å². The van der Waals surface area contributed by atoms with Crippen molar-refractivity contribution in [2.24, 2.45) is 5.92 Å². The fourth-order valence-electron chi connectivity index (χ4n) is 1.58. The molecule has 0 saturated heterocycles. The minimum atomic E-state index is 0.684. The molecule has 3 nitrogen and oxygen atoms in total. The molecule has 2 aromatic rings. The van der Waals surface area contributed by atoms with Crippen LogP contribution in [0.25, 0.3) is 11.3 Å². The van der Waals surface area contributed by atoms with Gasteiger partial charge in [-0.25, -0.2) is 4.98 Å². The second-order valence-corrected chi connectivity index (χ2v) is 4.34. The molecule has 1 atom stereocenters. The van der Waals surface area contributed by atoms with E-state index < -0.39 is 0 Å². The Morgan fingerprint density at radius 2 is 2.29 bits per heavy atom. The maximum absolute atomic E-state index is 5.28. The molecule has 0 spiro atoms. The lowest BCUT2D eigenvalue weighted by Crippen LogP contribution is -2.09. The summed E-state index contributed by atoms with van der Waals surface area (Å²) in [5, 5.41) is 3.44. The summed E-state index contributed by atoms with van der Waals surface area (Å²) in [7, 11) is 0. The number of aromatic nitrogens is 1. The zero-order valence-electron chi connectivity index (χ0n) is 10.3. The van der Waals surface area contributed by atoms with Crippen LogP contribution in [-0.4, -0.2) is 11.5 Å². The standard InChI is InChI=1S/C14H18N2O/c1-3-11(2)8-16-13-6-4-5-12(7-13)14-9-15-10-17-14/h4-7,9-11,16H,3,8H2,1-2H3. The van der Waals surface area contributed by atoms with E-state index in [4.69, 9.17) is 4.42 Å². The molecule has 1 heterocycles. The topological polar surface area (TPSA) is 38.1 Å². The van der Waals surface area contributed by atoms with E-state index in [9.17, 15) is 0 Å². The first kappa shape index (κ1) is 11.7. The van der Waals surface area contributed by atoms with Gasteiger partial charge in [0.1, 0.15) is 0 Å². The Kier molecular flexibility index (Phi) is 3.81. The van der Waals surface area contributed by atoms with Crippen molar-refractivity contribution in [1.29, 1.82) is 0 Å². The van der Waals surface area contributed by atoms with E-state index in [1.54, 1.807) is 6.20 Å². The van der Waals surface area contributed by atoms with Crippen LogP contribution in [0.4, 0.5) is 5.69 Å². The van der Waals surface area contributed by atoms with Crippen LogP contribution in [0.1, 0.15) is 20.3 Å². The average molecular weight is 230 g/mol. The van der Waals surface area contributed by atoms with E-state index in [0.717, 1.165) is 23.6 Å². The highest BCUT2D eigenvalue weighted by atomic mass is 16.3. The van der Waals surface area contributed by atoms with Gasteiger partial charge >= 0.3 is 0 Å². The third-order valence-corrected chi connectivity index (χ3v) is 2.93. The average Bonchev–Trinajstić information content (AvgIpc) is 2.90. The number of hydrogen-bond acceptors (Lipinski definition) is 3. The second kappa shape index (κ2) is 5.53. The highest BCUT2D eigenvalue weighted by molar-refractivity contribution is 5.63. The van der Waals surface area contributed by atoms with Gasteiger partial charge in [0.25, 0.3) is 0 Å². The third-order valence-electron chi connectivity index (χ3n) is 2.93. The molecule has 0 saturated carbocycles. The fourth-order valence-corrected chi connectivity index (χ4v) is 1.58. The van der Waals surface area contributed by atoms with Crippen molar-refractivity contribution in [2.45, 2.75) is 20.3 Å². The van der Waals surface area contributed by atoms with Crippen molar-refractivity contribution < 1.29 is 4.42 Å². The summed E-state index contributed by atoms with van der Waals surface area (Å²) in [6.07, 6.45) is 4.37. The Labute approximate surface area is 102 Å². The molecular weight excluding hydrogens is 212 g/mol. The molecule has 0 aliphatic carbocycles. The van der Waals surface area contributed by atoms with E-state index in [0.29, 0.717) is 5.92 Å². The second-order valence-electron chi connectivity index (χ2n) is 4.34. The SMILES string of the molecule is CCC(C)CNc1cccc(-c2cnco2)c1. The van der Waals surface area contributed by atoms with E-state index in [-0.39, 0.29) is 0 Å². The maximum Gasteiger partial charge on any atom is 0.181 e. The third kappa shape index (κ3) is 3.09. The van der Waals surface area contributed by atoms with Crippen molar-refractivity contribution in [3.8, 4) is 11.3 Å². The zero-order chi connectivity index (χ0) is 12.1. The van der Waals surface area contributed by atoms with Crippen LogP contribution in [0.15, 0.2) is 41.3 Å². The molecule has 3 heteroatoms. The summed E-state index contributed by atoms with van der Waals surface area (Å²) in [6, 6.07) is 8.21. The first-order valence-corrected chi connectivity index (χ1v) is 6.02. The van der Waals surface area contributed by atoms with E-state index in [1.807, 2.05) is 12.1 Å². The zero-order valence-corrected chi connectivity index (χ0v) is 10.3. The summed E-state index contributed by atoms with van der Waals surface area (Å²) >= 11 is 0. The van der Waals surface area contributed by atoms with Crippen LogP contribution in [0, 0.1) is 5.92 Å². The van der Waals surface area contributed by atoms with E-state index in [1.165, 1.54) is 12.8 Å². The fraction of sp³-hybridized carbons (Fsp3) is 0.357. The van der Waals surface area contributed by atoms with Crippen LogP contribution in [-0.2, 0) is 0 Å². The van der Waals surface area contributed by atoms with Crippen LogP contribution in [0.2, 0.25) is 0 Å². The van der Waals surface area contributed by atoms with Crippen molar-refractivity contribution in [3.05, 3.63) is 36.9 Å². The van der Waals surface area contributed by atoms with Gasteiger partial charge in [-0.05, 0) is 18.1 Å². The highest BCUT2D eigenvalue weighted by Gasteiger charge is 2.03. The van der Waals surface area contributed by atoms with Gasteiger partial charge in [0.2, 0.25) is 0 Å². The molecule has 2 rings (SSSR count). The number of nitrogens with one attached hydrogen (secondary N) is 1. The Morgan fingerprint density at radius 1 is 1.41 bits per heavy atom. The minimum Gasteiger partial charge on any atom is -0.444 e. The molecule has 1 unspecified atom stereocenters. The number of benzene rings is 1. The van der Waals surface area contributed by atoms with Crippen molar-refractivity contribution in [3.63, 3.8) is 0 Å². The van der Waals surface area contributed by atoms with Gasteiger partial charge < -0.3 is 9.73 Å². The Morgan fingerprint density at radius 3 is 3.00 bits per heavy atom. The maximum atomic E-state index is 5.28. The molecular formula is C14H18N2O. The Balaban J connectivity index is 2.07. The summed E-state index contributed by atoms with van der Waals surface area (Å²) in [6.45, 7) is 5.45. The van der Waals surface area contributed by atoms with Crippen molar-refractivity contribution in [2.75, 3.05) is 11.9 Å². The van der Waals surface area contributed by atoms with Crippen molar-refractivity contribution >= 4 is 5.69 Å². The van der Waals surface area contributed by atoms with Crippen LogP contribution in [0.5, 0.6) is 0 Å². The number of oxazole rings is 1. The van der Waals surface area contributed by atoms with Gasteiger partial charge in [-0.1, -0.05) is 32.4 Å². The van der Waals surface area contributed by atoms with Crippen LogP contribution >= 0.6 is 0 Å². The lowest BCUT2D eigenvalue weighted by molar-refractivity contribution is 0.572. The first-order chi connectivity index (χ1) is 8.29. The highest BCUT2D eigenvalue weighted by Crippen LogP contribution is 2.22. The number of nitrogens with zero attached hydrogens (tertiary/aromatic N) is 1. The molecule has 1 aromatic carbocycles. The molecule has 0 fully saturated rings. The van der Waals surface area contributed by atoms with Gasteiger partial charge in [0.15, 0.2) is 12.2 Å². The van der Waals surface area contributed by atoms with Crippen molar-refractivity contribution in [1.82, 2.24) is 4.98 Å². The van der Waals surface area contributed by atoms with Crippen LogP contribution < -0.4 is 5.32 Å². The summed E-state index contributed by atoms with van der Waals surface area (Å²) in [5.74, 6) is 1.49. The summed E-state index contributed by atoms with van der Waals surface area (Å²) in [4.78, 5) is 3.93. The number of rotatable bonds is 5. The molecule has 0 aliphatic heterocycles. The Hall–Kier alpha value is -1.77. The molecule has 1 N–H and O–H groups in total. The summed E-state index contributed by atoms with van der Waals surface area (Å²) < 4.78 is 5.28. The van der Waals surface area contributed by atoms with E-state index in [2.05, 4.69) is 36.3 Å². The molecule has 0 radical (unpaired) electrons. The smallest absolute Gasteiger partial charge is 0.181 e. The quantitative estimate of drug-likeness (QED) is 0.849. The van der Waals surface area contributed by atoms with E-state index >= 15 is 0 Å². The molecule has 17 heavy (non-hydrogen) atoms. The van der Waals surface area contributed by atoms with Crippen LogP contribution in [0.3, 0.4) is 0 Å². The molecule has 1 aromatic heterocycles. The molecule has 90 valence electrons. The van der Waals surface area contributed by atoms with Gasteiger partial charge in [-0.2, -0.15) is 0 Å². The summed E-state index contributed by atoms with van der Waals surface area (Å²) in [5.41, 5.74) is 2.18. The minimum absolute atomic E-state index is 0.684.